The molecule has 0 spiro atoms. The number of piperazine rings is 1. The number of aromatic nitrogens is 2. The van der Waals surface area contributed by atoms with Crippen molar-refractivity contribution in [1.82, 2.24) is 19.8 Å². The number of Topliss-reactive ketones (excluding diaryl/α,β-unsaturated/α-hetero) is 1. The monoisotopic (exact) mass is 435 g/mol. The Balaban J connectivity index is 1.48. The molecule has 7 heteroatoms. The van der Waals surface area contributed by atoms with Crippen LogP contribution in [0.5, 0.6) is 0 Å². The average Bonchev–Trinajstić information content (AvgIpc) is 3.14. The third-order valence-corrected chi connectivity index (χ3v) is 6.46. The number of hydrogen-bond acceptors (Lipinski definition) is 5. The number of carbonyl (C=O) groups is 2. The molecule has 1 aliphatic rings. The van der Waals surface area contributed by atoms with E-state index < -0.39 is 0 Å². The zero-order valence-corrected chi connectivity index (χ0v) is 19.1. The van der Waals surface area contributed by atoms with Crippen LogP contribution in [-0.4, -0.2) is 64.7 Å². The molecule has 3 N–H and O–H groups in total. The number of nitrogen functional groups attached to an aromatic ring is 1. The van der Waals surface area contributed by atoms with Crippen molar-refractivity contribution in [3.63, 3.8) is 0 Å². The average molecular weight is 436 g/mol. The number of nitrogens with zero attached hydrogens (tertiary/aromatic N) is 3. The van der Waals surface area contributed by atoms with Crippen LogP contribution in [0, 0.1) is 0 Å². The number of aryl methyl sites for hydroxylation is 1. The molecular weight excluding hydrogens is 402 g/mol. The molecule has 1 aliphatic heterocycles. The summed E-state index contributed by atoms with van der Waals surface area (Å²) in [6.45, 7) is 5.42. The van der Waals surface area contributed by atoms with Crippen LogP contribution < -0.4 is 5.73 Å². The predicted octanol–water partition coefficient (Wildman–Crippen LogP) is 3.77. The van der Waals surface area contributed by atoms with Gasteiger partial charge in [0.15, 0.2) is 5.78 Å². The minimum Gasteiger partial charge on any atom is -0.397 e. The molecular formula is C25H33N5O2. The summed E-state index contributed by atoms with van der Waals surface area (Å²) >= 11 is 0. The van der Waals surface area contributed by atoms with Crippen LogP contribution in [0.15, 0.2) is 24.3 Å². The third kappa shape index (κ3) is 4.78. The van der Waals surface area contributed by atoms with Gasteiger partial charge in [-0.1, -0.05) is 19.8 Å². The van der Waals surface area contributed by atoms with E-state index in [2.05, 4.69) is 23.9 Å². The Bertz CT molecular complexity index is 1130. The number of amides is 1. The van der Waals surface area contributed by atoms with Crippen LogP contribution in [0.4, 0.5) is 5.69 Å². The highest BCUT2D eigenvalue weighted by Crippen LogP contribution is 2.29. The number of hydrogen-bond donors (Lipinski definition) is 2. The summed E-state index contributed by atoms with van der Waals surface area (Å²) in [5.74, 6) is 0.0491. The maximum atomic E-state index is 12.8. The molecule has 0 bridgehead atoms. The zero-order chi connectivity index (χ0) is 22.7. The molecule has 0 radical (unpaired) electrons. The van der Waals surface area contributed by atoms with Gasteiger partial charge in [0.05, 0.1) is 11.4 Å². The quantitative estimate of drug-likeness (QED) is 0.415. The number of ketones is 1. The van der Waals surface area contributed by atoms with E-state index in [1.54, 1.807) is 0 Å². The second kappa shape index (κ2) is 9.69. The third-order valence-electron chi connectivity index (χ3n) is 6.46. The van der Waals surface area contributed by atoms with Gasteiger partial charge in [-0.15, -0.1) is 0 Å². The number of H-pyrrole nitrogens is 1. The van der Waals surface area contributed by atoms with Gasteiger partial charge in [-0.05, 0) is 44.2 Å². The van der Waals surface area contributed by atoms with Gasteiger partial charge >= 0.3 is 0 Å². The van der Waals surface area contributed by atoms with E-state index in [-0.39, 0.29) is 24.5 Å². The molecule has 170 valence electrons. The van der Waals surface area contributed by atoms with E-state index in [9.17, 15) is 9.59 Å². The summed E-state index contributed by atoms with van der Waals surface area (Å²) < 4.78 is 0. The van der Waals surface area contributed by atoms with Gasteiger partial charge in [-0.25, -0.2) is 4.98 Å². The van der Waals surface area contributed by atoms with Crippen molar-refractivity contribution in [2.75, 3.05) is 39.0 Å². The Morgan fingerprint density at radius 1 is 1.06 bits per heavy atom. The standard InChI is InChI=1S/C25H33N5O2/c1-3-4-5-6-22-20(26)16-19-18-15-17(7-8-21(18)27-25(19)28-22)23(31)9-10-24(32)30-13-11-29(2)12-14-30/h7-8,15-16H,3-6,9-14,26H2,1-2H3,(H,27,28). The lowest BCUT2D eigenvalue weighted by atomic mass is 10.0. The number of benzene rings is 1. The van der Waals surface area contributed by atoms with Crippen molar-refractivity contribution in [3.8, 4) is 0 Å². The smallest absolute Gasteiger partial charge is 0.223 e. The summed E-state index contributed by atoms with van der Waals surface area (Å²) in [6, 6.07) is 7.60. The van der Waals surface area contributed by atoms with Crippen molar-refractivity contribution in [2.45, 2.75) is 45.4 Å². The van der Waals surface area contributed by atoms with Crippen LogP contribution in [0.1, 0.15) is 55.1 Å². The normalized spacial score (nSPS) is 15.0. The fourth-order valence-electron chi connectivity index (χ4n) is 4.37. The summed E-state index contributed by atoms with van der Waals surface area (Å²) in [7, 11) is 2.06. The van der Waals surface area contributed by atoms with Crippen molar-refractivity contribution >= 4 is 39.3 Å². The van der Waals surface area contributed by atoms with Crippen molar-refractivity contribution in [1.29, 1.82) is 0 Å². The number of pyridine rings is 1. The molecule has 0 atom stereocenters. The van der Waals surface area contributed by atoms with Crippen molar-refractivity contribution < 1.29 is 9.59 Å². The second-order valence-corrected chi connectivity index (χ2v) is 8.87. The molecule has 4 rings (SSSR count). The predicted molar refractivity (Wildman–Crippen MR) is 129 cm³/mol. The Morgan fingerprint density at radius 3 is 2.59 bits per heavy atom. The highest BCUT2D eigenvalue weighted by Gasteiger charge is 2.20. The molecule has 0 unspecified atom stereocenters. The molecule has 1 saturated heterocycles. The SMILES string of the molecule is CCCCCc1nc2[nH]c3ccc(C(=O)CCC(=O)N4CCN(C)CC4)cc3c2cc1N. The Labute approximate surface area is 189 Å². The summed E-state index contributed by atoms with van der Waals surface area (Å²) in [5, 5.41) is 1.87. The van der Waals surface area contributed by atoms with E-state index in [0.29, 0.717) is 11.3 Å². The maximum absolute atomic E-state index is 12.8. The van der Waals surface area contributed by atoms with Crippen LogP contribution >= 0.6 is 0 Å². The van der Waals surface area contributed by atoms with Crippen LogP contribution in [0.3, 0.4) is 0 Å². The van der Waals surface area contributed by atoms with Crippen molar-refractivity contribution in [3.05, 3.63) is 35.5 Å². The summed E-state index contributed by atoms with van der Waals surface area (Å²) in [4.78, 5) is 37.5. The lowest BCUT2D eigenvalue weighted by Crippen LogP contribution is -2.47. The lowest BCUT2D eigenvalue weighted by molar-refractivity contribution is -0.132. The first-order valence-electron chi connectivity index (χ1n) is 11.7. The number of unbranched alkanes of at least 4 members (excludes halogenated alkanes) is 2. The molecule has 2 aromatic heterocycles. The van der Waals surface area contributed by atoms with Gasteiger partial charge in [0.2, 0.25) is 5.91 Å². The number of aromatic amines is 1. The number of rotatable bonds is 8. The molecule has 3 heterocycles. The first-order chi connectivity index (χ1) is 15.5. The van der Waals surface area contributed by atoms with Gasteiger partial charge < -0.3 is 20.5 Å². The van der Waals surface area contributed by atoms with Crippen LogP contribution in [0.25, 0.3) is 21.9 Å². The summed E-state index contributed by atoms with van der Waals surface area (Å²) in [6.07, 6.45) is 4.74. The van der Waals surface area contributed by atoms with Gasteiger partial charge in [-0.3, -0.25) is 9.59 Å². The molecule has 3 aromatic rings. The second-order valence-electron chi connectivity index (χ2n) is 8.87. The molecule has 7 nitrogen and oxygen atoms in total. The molecule has 1 amide bonds. The molecule has 1 fully saturated rings. The highest BCUT2D eigenvalue weighted by atomic mass is 16.2. The molecule has 0 saturated carbocycles. The Kier molecular flexibility index (Phi) is 6.74. The van der Waals surface area contributed by atoms with E-state index in [4.69, 9.17) is 10.7 Å². The number of nitrogens with one attached hydrogen (secondary N) is 1. The first-order valence-corrected chi connectivity index (χ1v) is 11.7. The number of anilines is 1. The number of fused-ring (bicyclic) bond motifs is 3. The highest BCUT2D eigenvalue weighted by molar-refractivity contribution is 6.10. The van der Waals surface area contributed by atoms with E-state index in [1.807, 2.05) is 29.2 Å². The lowest BCUT2D eigenvalue weighted by Gasteiger charge is -2.32. The van der Waals surface area contributed by atoms with Crippen molar-refractivity contribution in [2.24, 2.45) is 0 Å². The number of carbonyl (C=O) groups excluding carboxylic acids is 2. The largest absolute Gasteiger partial charge is 0.397 e. The van der Waals surface area contributed by atoms with Crippen LogP contribution in [0.2, 0.25) is 0 Å². The van der Waals surface area contributed by atoms with Crippen LogP contribution in [-0.2, 0) is 11.2 Å². The molecule has 1 aromatic carbocycles. The fourth-order valence-corrected chi connectivity index (χ4v) is 4.37. The maximum Gasteiger partial charge on any atom is 0.223 e. The minimum absolute atomic E-state index is 0.0131. The first kappa shape index (κ1) is 22.3. The van der Waals surface area contributed by atoms with Gasteiger partial charge in [0.1, 0.15) is 5.65 Å². The number of nitrogens with two attached hydrogens (primary N) is 1. The summed E-state index contributed by atoms with van der Waals surface area (Å²) in [5.41, 5.74) is 10.3. The zero-order valence-electron chi connectivity index (χ0n) is 19.1. The van der Waals surface area contributed by atoms with Gasteiger partial charge in [0.25, 0.3) is 0 Å². The molecule has 0 aliphatic carbocycles. The Morgan fingerprint density at radius 2 is 1.84 bits per heavy atom. The number of likely N-dealkylation sites (N-methyl/N-ethyl adjacent to an activating group) is 1. The minimum atomic E-state index is -0.0131. The van der Waals surface area contributed by atoms with E-state index in [1.165, 1.54) is 0 Å². The van der Waals surface area contributed by atoms with E-state index in [0.717, 1.165) is 79.5 Å². The van der Waals surface area contributed by atoms with Gasteiger partial charge in [-0.2, -0.15) is 0 Å². The Hall–Kier alpha value is -2.93. The molecule has 32 heavy (non-hydrogen) atoms. The van der Waals surface area contributed by atoms with Gasteiger partial charge in [0, 0.05) is 60.9 Å². The topological polar surface area (TPSA) is 95.3 Å². The van der Waals surface area contributed by atoms with E-state index >= 15 is 0 Å². The fraction of sp³-hybridized carbons (Fsp3) is 0.480.